The summed E-state index contributed by atoms with van der Waals surface area (Å²) in [4.78, 5) is 5.23. The first-order valence-corrected chi connectivity index (χ1v) is 10.3. The molecule has 3 heteroatoms. The van der Waals surface area contributed by atoms with E-state index in [2.05, 4.69) is 78.2 Å². The molecule has 0 N–H and O–H groups in total. The summed E-state index contributed by atoms with van der Waals surface area (Å²) in [5.41, 5.74) is 7.47. The number of anilines is 2. The Morgan fingerprint density at radius 2 is 1.71 bits per heavy atom. The molecule has 28 heavy (non-hydrogen) atoms. The molecule has 4 heterocycles. The molecule has 0 spiro atoms. The van der Waals surface area contributed by atoms with E-state index in [0.717, 1.165) is 24.1 Å². The fraction of sp³-hybridized carbons (Fsp3) is 0.280. The Morgan fingerprint density at radius 3 is 2.64 bits per heavy atom. The van der Waals surface area contributed by atoms with Crippen molar-refractivity contribution in [2.45, 2.75) is 38.9 Å². The van der Waals surface area contributed by atoms with Crippen molar-refractivity contribution in [2.75, 3.05) is 16.3 Å². The first kappa shape index (κ1) is 16.1. The van der Waals surface area contributed by atoms with Gasteiger partial charge >= 0.3 is 0 Å². The van der Waals surface area contributed by atoms with E-state index in [0.29, 0.717) is 12.2 Å². The molecule has 3 aromatic carbocycles. The fourth-order valence-electron chi connectivity index (χ4n) is 5.35. The zero-order valence-corrected chi connectivity index (χ0v) is 16.4. The minimum Gasteiger partial charge on any atom is -0.456 e. The molecule has 4 aromatic rings. The van der Waals surface area contributed by atoms with Crippen LogP contribution < -0.4 is 9.80 Å². The van der Waals surface area contributed by atoms with Crippen LogP contribution in [0.15, 0.2) is 65.1 Å². The summed E-state index contributed by atoms with van der Waals surface area (Å²) in [5, 5.41) is 2.42. The molecular weight excluding hydrogens is 344 g/mol. The van der Waals surface area contributed by atoms with Crippen LogP contribution in [0.3, 0.4) is 0 Å². The molecule has 0 amide bonds. The highest BCUT2D eigenvalue weighted by Gasteiger charge is 2.38. The number of fused-ring (bicyclic) bond motifs is 5. The largest absolute Gasteiger partial charge is 0.456 e. The van der Waals surface area contributed by atoms with Crippen molar-refractivity contribution in [1.29, 1.82) is 0 Å². The van der Waals surface area contributed by atoms with Crippen molar-refractivity contribution in [3.8, 4) is 0 Å². The predicted octanol–water partition coefficient (Wildman–Crippen LogP) is 5.88. The van der Waals surface area contributed by atoms with Crippen LogP contribution in [0.1, 0.15) is 24.5 Å². The van der Waals surface area contributed by atoms with Gasteiger partial charge in [0.05, 0.1) is 6.17 Å². The van der Waals surface area contributed by atoms with Gasteiger partial charge in [-0.3, -0.25) is 0 Å². The van der Waals surface area contributed by atoms with Gasteiger partial charge in [-0.2, -0.15) is 0 Å². The van der Waals surface area contributed by atoms with Gasteiger partial charge in [0.2, 0.25) is 0 Å². The lowest BCUT2D eigenvalue weighted by molar-refractivity contribution is 0.435. The summed E-state index contributed by atoms with van der Waals surface area (Å²) in [6, 6.07) is 22.4. The molecule has 3 aliphatic rings. The summed E-state index contributed by atoms with van der Waals surface area (Å²) in [6.07, 6.45) is 2.65. The number of furan rings is 1. The Balaban J connectivity index is 1.53. The molecule has 2 unspecified atom stereocenters. The summed E-state index contributed by atoms with van der Waals surface area (Å²) < 4.78 is 6.11. The molecule has 2 atom stereocenters. The highest BCUT2D eigenvalue weighted by Crippen LogP contribution is 2.41. The maximum absolute atomic E-state index is 6.11. The van der Waals surface area contributed by atoms with Gasteiger partial charge in [0.15, 0.2) is 0 Å². The van der Waals surface area contributed by atoms with E-state index >= 15 is 0 Å². The lowest BCUT2D eigenvalue weighted by Gasteiger charge is -2.47. The van der Waals surface area contributed by atoms with Crippen LogP contribution in [0.5, 0.6) is 0 Å². The molecular formula is C25H24N2O. The third kappa shape index (κ3) is 2.16. The van der Waals surface area contributed by atoms with Gasteiger partial charge in [-0.15, -0.1) is 0 Å². The number of hydrogen-bond acceptors (Lipinski definition) is 3. The van der Waals surface area contributed by atoms with E-state index in [9.17, 15) is 0 Å². The van der Waals surface area contributed by atoms with Gasteiger partial charge in [0.1, 0.15) is 11.2 Å². The lowest BCUT2D eigenvalue weighted by Crippen LogP contribution is -2.56. The Labute approximate surface area is 165 Å². The lowest BCUT2D eigenvalue weighted by atomic mass is 9.99. The van der Waals surface area contributed by atoms with Crippen molar-refractivity contribution in [3.05, 3.63) is 71.8 Å². The van der Waals surface area contributed by atoms with E-state index in [1.165, 1.54) is 39.7 Å². The van der Waals surface area contributed by atoms with Gasteiger partial charge in [-0.05, 0) is 62.1 Å². The molecule has 3 aliphatic heterocycles. The fourth-order valence-corrected chi connectivity index (χ4v) is 5.35. The third-order valence-corrected chi connectivity index (χ3v) is 6.68. The second kappa shape index (κ2) is 5.78. The molecule has 1 saturated heterocycles. The van der Waals surface area contributed by atoms with Crippen LogP contribution >= 0.6 is 0 Å². The number of rotatable bonds is 1. The van der Waals surface area contributed by atoms with Crippen LogP contribution in [0.25, 0.3) is 21.9 Å². The Kier molecular flexibility index (Phi) is 3.31. The minimum absolute atomic E-state index is 0.344. The maximum atomic E-state index is 6.11. The second-order valence-electron chi connectivity index (χ2n) is 8.24. The highest BCUT2D eigenvalue weighted by atomic mass is 16.3. The van der Waals surface area contributed by atoms with Crippen LogP contribution in [0.4, 0.5) is 11.4 Å². The van der Waals surface area contributed by atoms with E-state index in [4.69, 9.17) is 4.42 Å². The molecule has 1 fully saturated rings. The Bertz CT molecular complexity index is 1210. The summed E-state index contributed by atoms with van der Waals surface area (Å²) >= 11 is 0. The van der Waals surface area contributed by atoms with Gasteiger partial charge in [-0.25, -0.2) is 0 Å². The van der Waals surface area contributed by atoms with Gasteiger partial charge in [-0.1, -0.05) is 36.4 Å². The zero-order valence-electron chi connectivity index (χ0n) is 16.4. The normalized spacial score (nSPS) is 21.4. The molecule has 140 valence electrons. The molecule has 0 aliphatic carbocycles. The van der Waals surface area contributed by atoms with Gasteiger partial charge < -0.3 is 14.2 Å². The summed E-state index contributed by atoms with van der Waals surface area (Å²) in [6.45, 7) is 5.70. The van der Waals surface area contributed by atoms with E-state index in [1.807, 2.05) is 6.07 Å². The van der Waals surface area contributed by atoms with Crippen molar-refractivity contribution in [1.82, 2.24) is 0 Å². The van der Waals surface area contributed by atoms with Gasteiger partial charge in [0, 0.05) is 34.7 Å². The average molecular weight is 368 g/mol. The summed E-state index contributed by atoms with van der Waals surface area (Å²) in [5.74, 6) is 0. The van der Waals surface area contributed by atoms with Crippen molar-refractivity contribution in [2.24, 2.45) is 0 Å². The highest BCUT2D eigenvalue weighted by molar-refractivity contribution is 6.06. The molecule has 0 saturated carbocycles. The minimum atomic E-state index is 0.344. The van der Waals surface area contributed by atoms with E-state index in [-0.39, 0.29) is 0 Å². The van der Waals surface area contributed by atoms with Crippen molar-refractivity contribution in [3.63, 3.8) is 0 Å². The standard InChI is InChI=1S/C25H24N2O/c1-16-13-25-21(20-8-4-6-10-24(20)28-25)15-23(16)27-17(2)26-12-11-19(27)14-18-7-3-5-9-22(18)26/h3-10,13,15,17,19H,11-12,14H2,1-2H3. The number of benzene rings is 3. The van der Waals surface area contributed by atoms with Crippen LogP contribution in [0.2, 0.25) is 0 Å². The molecule has 0 radical (unpaired) electrons. The third-order valence-electron chi connectivity index (χ3n) is 6.68. The van der Waals surface area contributed by atoms with Crippen LogP contribution in [-0.2, 0) is 6.42 Å². The maximum Gasteiger partial charge on any atom is 0.135 e. The van der Waals surface area contributed by atoms with Crippen LogP contribution in [0, 0.1) is 6.92 Å². The number of aryl methyl sites for hydroxylation is 1. The SMILES string of the molecule is Cc1cc2oc3ccccc3c2cc1N1C2CCN(c3ccccc3C2)C1C. The molecule has 2 bridgehead atoms. The van der Waals surface area contributed by atoms with Crippen molar-refractivity contribution < 1.29 is 4.42 Å². The smallest absolute Gasteiger partial charge is 0.135 e. The van der Waals surface area contributed by atoms with Crippen molar-refractivity contribution >= 4 is 33.3 Å². The quantitative estimate of drug-likeness (QED) is 0.418. The number of nitrogens with zero attached hydrogens (tertiary/aromatic N) is 2. The average Bonchev–Trinajstić information content (AvgIpc) is 2.88. The predicted molar refractivity (Wildman–Crippen MR) is 116 cm³/mol. The first-order valence-electron chi connectivity index (χ1n) is 10.3. The first-order chi connectivity index (χ1) is 13.7. The number of para-hydroxylation sites is 2. The summed E-state index contributed by atoms with van der Waals surface area (Å²) in [7, 11) is 0. The van der Waals surface area contributed by atoms with E-state index in [1.54, 1.807) is 0 Å². The van der Waals surface area contributed by atoms with Crippen LogP contribution in [-0.4, -0.2) is 18.8 Å². The monoisotopic (exact) mass is 368 g/mol. The number of hydrogen-bond donors (Lipinski definition) is 0. The topological polar surface area (TPSA) is 19.6 Å². The van der Waals surface area contributed by atoms with E-state index < -0.39 is 0 Å². The second-order valence-corrected chi connectivity index (χ2v) is 8.24. The van der Waals surface area contributed by atoms with Gasteiger partial charge in [0.25, 0.3) is 0 Å². The Morgan fingerprint density at radius 1 is 0.893 bits per heavy atom. The Hall–Kier alpha value is -2.94. The molecule has 3 nitrogen and oxygen atoms in total. The molecule has 7 rings (SSSR count). The molecule has 1 aromatic heterocycles. The zero-order chi connectivity index (χ0) is 18.8.